The van der Waals surface area contributed by atoms with E-state index in [-0.39, 0.29) is 5.91 Å². The van der Waals surface area contributed by atoms with Gasteiger partial charge < -0.3 is 15.2 Å². The van der Waals surface area contributed by atoms with Crippen molar-refractivity contribution in [2.75, 3.05) is 13.1 Å². The van der Waals surface area contributed by atoms with Crippen LogP contribution < -0.4 is 10.6 Å². The van der Waals surface area contributed by atoms with Crippen LogP contribution in [0, 0.1) is 0 Å². The van der Waals surface area contributed by atoms with E-state index in [1.807, 2.05) is 18.3 Å². The third-order valence-corrected chi connectivity index (χ3v) is 4.56. The van der Waals surface area contributed by atoms with Crippen molar-refractivity contribution in [1.82, 2.24) is 15.2 Å². The molecule has 2 N–H and O–H groups in total. The quantitative estimate of drug-likeness (QED) is 0.878. The summed E-state index contributed by atoms with van der Waals surface area (Å²) in [5.74, 6) is 1.00. The maximum Gasteiger partial charge on any atom is 0.253 e. The van der Waals surface area contributed by atoms with Crippen LogP contribution >= 0.6 is 15.9 Å². The number of carbonyl (C=O) groups excluding carboxylic acids is 1. The van der Waals surface area contributed by atoms with Crippen LogP contribution in [0.3, 0.4) is 0 Å². The van der Waals surface area contributed by atoms with Crippen LogP contribution in [0.25, 0.3) is 10.9 Å². The molecule has 0 radical (unpaired) electrons. The van der Waals surface area contributed by atoms with Gasteiger partial charge in [0.1, 0.15) is 5.84 Å². The number of hydrogen-bond acceptors (Lipinski definition) is 3. The summed E-state index contributed by atoms with van der Waals surface area (Å²) in [7, 11) is 0. The van der Waals surface area contributed by atoms with E-state index >= 15 is 0 Å². The molecule has 1 saturated carbocycles. The van der Waals surface area contributed by atoms with Gasteiger partial charge in [0.05, 0.1) is 24.2 Å². The molecule has 0 saturated heterocycles. The van der Waals surface area contributed by atoms with E-state index < -0.39 is 0 Å². The van der Waals surface area contributed by atoms with Gasteiger partial charge in [-0.25, -0.2) is 0 Å². The van der Waals surface area contributed by atoms with Crippen molar-refractivity contribution in [1.29, 1.82) is 0 Å². The third-order valence-electron chi connectivity index (χ3n) is 4.07. The lowest BCUT2D eigenvalue weighted by Crippen LogP contribution is -2.25. The lowest BCUT2D eigenvalue weighted by molar-refractivity contribution is 0.0952. The van der Waals surface area contributed by atoms with Gasteiger partial charge in [0.25, 0.3) is 5.91 Å². The number of aliphatic imine (C=N–C) groups is 1. The second-order valence-corrected chi connectivity index (χ2v) is 6.75. The number of benzene rings is 1. The Labute approximate surface area is 136 Å². The minimum Gasteiger partial charge on any atom is -0.370 e. The molecule has 1 amide bonds. The minimum atomic E-state index is 0.0230. The minimum absolute atomic E-state index is 0.0230. The third kappa shape index (κ3) is 2.63. The fraction of sp³-hybridized carbons (Fsp3) is 0.375. The van der Waals surface area contributed by atoms with Gasteiger partial charge in [-0.05, 0) is 25.0 Å². The molecular formula is C16H17BrN4O. The van der Waals surface area contributed by atoms with Crippen molar-refractivity contribution in [3.63, 3.8) is 0 Å². The molecule has 0 atom stereocenters. The predicted octanol–water partition coefficient (Wildman–Crippen LogP) is 2.30. The Balaban J connectivity index is 1.74. The van der Waals surface area contributed by atoms with Crippen molar-refractivity contribution in [2.24, 2.45) is 4.99 Å². The summed E-state index contributed by atoms with van der Waals surface area (Å²) in [5.41, 5.74) is 1.79. The Morgan fingerprint density at radius 3 is 3.05 bits per heavy atom. The second-order valence-electron chi connectivity index (χ2n) is 5.84. The second kappa shape index (κ2) is 5.43. The van der Waals surface area contributed by atoms with Gasteiger partial charge >= 0.3 is 0 Å². The van der Waals surface area contributed by atoms with Crippen LogP contribution in [0.5, 0.6) is 0 Å². The number of rotatable bonds is 4. The average Bonchev–Trinajstić information content (AvgIpc) is 3.04. The summed E-state index contributed by atoms with van der Waals surface area (Å²) in [6, 6.07) is 6.40. The van der Waals surface area contributed by atoms with Crippen LogP contribution in [0.1, 0.15) is 23.2 Å². The summed E-state index contributed by atoms with van der Waals surface area (Å²) in [4.78, 5) is 16.9. The van der Waals surface area contributed by atoms with Gasteiger partial charge in [0.2, 0.25) is 0 Å². The monoisotopic (exact) mass is 360 g/mol. The Morgan fingerprint density at radius 1 is 1.45 bits per heavy atom. The molecule has 6 heteroatoms. The Morgan fingerprint density at radius 2 is 2.32 bits per heavy atom. The maximum atomic E-state index is 12.5. The molecule has 1 aliphatic carbocycles. The van der Waals surface area contributed by atoms with Crippen LogP contribution in [0.15, 0.2) is 33.9 Å². The van der Waals surface area contributed by atoms with Crippen LogP contribution in [0.2, 0.25) is 0 Å². The molecule has 2 heterocycles. The fourth-order valence-corrected chi connectivity index (χ4v) is 3.13. The van der Waals surface area contributed by atoms with Crippen molar-refractivity contribution < 1.29 is 4.79 Å². The number of halogens is 1. The lowest BCUT2D eigenvalue weighted by Gasteiger charge is -2.06. The van der Waals surface area contributed by atoms with Gasteiger partial charge in [-0.1, -0.05) is 22.0 Å². The van der Waals surface area contributed by atoms with E-state index in [0.717, 1.165) is 52.7 Å². The highest BCUT2D eigenvalue weighted by Gasteiger charge is 2.25. The molecule has 0 spiro atoms. The molecule has 2 aromatic rings. The number of carbonyl (C=O) groups is 1. The lowest BCUT2D eigenvalue weighted by atomic mass is 10.1. The number of amides is 1. The fourth-order valence-electron chi connectivity index (χ4n) is 2.78. The van der Waals surface area contributed by atoms with Crippen molar-refractivity contribution in [2.45, 2.75) is 25.4 Å². The van der Waals surface area contributed by atoms with Crippen molar-refractivity contribution in [3.8, 4) is 0 Å². The molecule has 1 aromatic heterocycles. The molecule has 1 aromatic carbocycles. The molecule has 1 aliphatic heterocycles. The first-order valence-corrected chi connectivity index (χ1v) is 8.36. The molecule has 0 unspecified atom stereocenters. The van der Waals surface area contributed by atoms with E-state index in [1.54, 1.807) is 0 Å². The van der Waals surface area contributed by atoms with E-state index in [0.29, 0.717) is 12.6 Å². The molecule has 4 rings (SSSR count). The Bertz CT molecular complexity index is 776. The SMILES string of the molecule is O=C(NC1CC1)c1cn(CC2=NCCN2)c2cc(Br)ccc12. The van der Waals surface area contributed by atoms with Crippen LogP contribution in [0.4, 0.5) is 0 Å². The number of nitrogens with one attached hydrogen (secondary N) is 2. The van der Waals surface area contributed by atoms with Gasteiger partial charge in [-0.15, -0.1) is 0 Å². The summed E-state index contributed by atoms with van der Waals surface area (Å²) in [5, 5.41) is 7.34. The zero-order valence-electron chi connectivity index (χ0n) is 12.1. The standard InChI is InChI=1S/C16H17BrN4O/c17-10-1-4-12-13(16(22)20-11-2-3-11)8-21(14(12)7-10)9-15-18-5-6-19-15/h1,4,7-8,11H,2-3,5-6,9H2,(H,18,19)(H,20,22). The number of hydrogen-bond donors (Lipinski definition) is 2. The van der Waals surface area contributed by atoms with Gasteiger partial charge in [-0.3, -0.25) is 9.79 Å². The first-order valence-electron chi connectivity index (χ1n) is 7.57. The molecular weight excluding hydrogens is 344 g/mol. The zero-order valence-corrected chi connectivity index (χ0v) is 13.7. The zero-order chi connectivity index (χ0) is 15.1. The largest absolute Gasteiger partial charge is 0.370 e. The van der Waals surface area contributed by atoms with Crippen molar-refractivity contribution >= 4 is 38.6 Å². The number of amidine groups is 1. The predicted molar refractivity (Wildman–Crippen MR) is 90.4 cm³/mol. The van der Waals surface area contributed by atoms with Gasteiger partial charge in [0, 0.05) is 28.6 Å². The number of fused-ring (bicyclic) bond motifs is 1. The molecule has 0 bridgehead atoms. The van der Waals surface area contributed by atoms with Crippen LogP contribution in [-0.2, 0) is 6.54 Å². The van der Waals surface area contributed by atoms with E-state index in [4.69, 9.17) is 0 Å². The molecule has 114 valence electrons. The molecule has 2 aliphatic rings. The Kier molecular flexibility index (Phi) is 3.41. The van der Waals surface area contributed by atoms with E-state index in [1.165, 1.54) is 0 Å². The average molecular weight is 361 g/mol. The van der Waals surface area contributed by atoms with E-state index in [2.05, 4.69) is 42.2 Å². The highest BCUT2D eigenvalue weighted by atomic mass is 79.9. The van der Waals surface area contributed by atoms with Gasteiger partial charge in [-0.2, -0.15) is 0 Å². The number of nitrogens with zero attached hydrogens (tertiary/aromatic N) is 2. The smallest absolute Gasteiger partial charge is 0.253 e. The molecule has 22 heavy (non-hydrogen) atoms. The van der Waals surface area contributed by atoms with E-state index in [9.17, 15) is 4.79 Å². The summed E-state index contributed by atoms with van der Waals surface area (Å²) in [6.07, 6.45) is 4.13. The normalized spacial score (nSPS) is 17.4. The molecule has 1 fully saturated rings. The highest BCUT2D eigenvalue weighted by Crippen LogP contribution is 2.27. The topological polar surface area (TPSA) is 58.4 Å². The highest BCUT2D eigenvalue weighted by molar-refractivity contribution is 9.10. The summed E-state index contributed by atoms with van der Waals surface area (Å²) in [6.45, 7) is 2.39. The first-order chi connectivity index (χ1) is 10.7. The molecule has 5 nitrogen and oxygen atoms in total. The maximum absolute atomic E-state index is 12.5. The van der Waals surface area contributed by atoms with Gasteiger partial charge in [0.15, 0.2) is 0 Å². The summed E-state index contributed by atoms with van der Waals surface area (Å²) < 4.78 is 3.11. The Hall–Kier alpha value is -1.82. The summed E-state index contributed by atoms with van der Waals surface area (Å²) >= 11 is 3.52. The van der Waals surface area contributed by atoms with Crippen molar-refractivity contribution in [3.05, 3.63) is 34.4 Å². The first kappa shape index (κ1) is 13.8. The van der Waals surface area contributed by atoms with Crippen LogP contribution in [-0.4, -0.2) is 35.4 Å². The number of aromatic nitrogens is 1.